The minimum absolute atomic E-state index is 0.238. The van der Waals surface area contributed by atoms with Gasteiger partial charge in [-0.1, -0.05) is 17.7 Å². The first-order chi connectivity index (χ1) is 9.15. The predicted molar refractivity (Wildman–Crippen MR) is 78.7 cm³/mol. The summed E-state index contributed by atoms with van der Waals surface area (Å²) in [7, 11) is 0. The number of rotatable bonds is 5. The Kier molecular flexibility index (Phi) is 4.39. The molecule has 2 rings (SSSR count). The molecule has 0 saturated heterocycles. The highest BCUT2D eigenvalue weighted by atomic mass is 16.5. The van der Waals surface area contributed by atoms with E-state index in [0.29, 0.717) is 6.61 Å². The summed E-state index contributed by atoms with van der Waals surface area (Å²) in [5.74, 6) is 0.908. The molecule has 0 bridgehead atoms. The number of anilines is 1. The summed E-state index contributed by atoms with van der Waals surface area (Å²) in [6.45, 7) is 6.85. The second-order valence-electron chi connectivity index (χ2n) is 4.86. The van der Waals surface area contributed by atoms with Crippen molar-refractivity contribution in [3.8, 4) is 5.75 Å². The lowest BCUT2D eigenvalue weighted by molar-refractivity contribution is 0.304. The highest BCUT2D eigenvalue weighted by molar-refractivity contribution is 5.49. The number of nitrogens with one attached hydrogen (secondary N) is 1. The summed E-state index contributed by atoms with van der Waals surface area (Å²) in [6, 6.07) is 10.3. The van der Waals surface area contributed by atoms with Crippen LogP contribution in [0, 0.1) is 13.8 Å². The Morgan fingerprint density at radius 2 is 1.89 bits per heavy atom. The first-order valence-electron chi connectivity index (χ1n) is 6.52. The lowest BCUT2D eigenvalue weighted by atomic mass is 10.2. The van der Waals surface area contributed by atoms with Gasteiger partial charge in [0.25, 0.3) is 0 Å². The van der Waals surface area contributed by atoms with Crippen LogP contribution in [0.4, 0.5) is 5.69 Å². The number of nitrogens with zero attached hydrogens (tertiary/aromatic N) is 1. The third-order valence-corrected chi connectivity index (χ3v) is 2.94. The van der Waals surface area contributed by atoms with Gasteiger partial charge in [0.05, 0.1) is 6.04 Å². The van der Waals surface area contributed by atoms with E-state index in [-0.39, 0.29) is 6.04 Å². The van der Waals surface area contributed by atoms with Crippen molar-refractivity contribution >= 4 is 5.69 Å². The van der Waals surface area contributed by atoms with Gasteiger partial charge in [0.15, 0.2) is 0 Å². The topological polar surface area (TPSA) is 34.1 Å². The Morgan fingerprint density at radius 1 is 1.16 bits per heavy atom. The first kappa shape index (κ1) is 13.4. The van der Waals surface area contributed by atoms with E-state index < -0.39 is 0 Å². The smallest absolute Gasteiger partial charge is 0.119 e. The van der Waals surface area contributed by atoms with Gasteiger partial charge in [-0.3, -0.25) is 4.98 Å². The van der Waals surface area contributed by atoms with Crippen molar-refractivity contribution in [2.24, 2.45) is 0 Å². The van der Waals surface area contributed by atoms with Crippen LogP contribution in [-0.4, -0.2) is 17.6 Å². The van der Waals surface area contributed by atoms with Gasteiger partial charge in [-0.15, -0.1) is 0 Å². The second kappa shape index (κ2) is 6.23. The van der Waals surface area contributed by atoms with Crippen LogP contribution in [0.25, 0.3) is 0 Å². The van der Waals surface area contributed by atoms with E-state index in [9.17, 15) is 0 Å². The standard InChI is InChI=1S/C16H20N2O/c1-12-4-6-15(7-5-12)19-11-14(3)18-16-8-9-17-10-13(16)2/h4-10,14H,11H2,1-3H3,(H,17,18). The Hall–Kier alpha value is -2.03. The molecule has 0 fully saturated rings. The molecule has 19 heavy (non-hydrogen) atoms. The number of aryl methyl sites for hydroxylation is 2. The van der Waals surface area contributed by atoms with Gasteiger partial charge in [-0.2, -0.15) is 0 Å². The van der Waals surface area contributed by atoms with E-state index in [4.69, 9.17) is 4.74 Å². The summed E-state index contributed by atoms with van der Waals surface area (Å²) in [4.78, 5) is 4.08. The summed E-state index contributed by atoms with van der Waals surface area (Å²) in [6.07, 6.45) is 3.65. The van der Waals surface area contributed by atoms with Crippen LogP contribution in [-0.2, 0) is 0 Å². The summed E-state index contributed by atoms with van der Waals surface area (Å²) < 4.78 is 5.76. The maximum Gasteiger partial charge on any atom is 0.119 e. The SMILES string of the molecule is Cc1ccc(OCC(C)Nc2ccncc2C)cc1. The lowest BCUT2D eigenvalue weighted by Crippen LogP contribution is -2.23. The molecule has 0 aliphatic heterocycles. The van der Waals surface area contributed by atoms with Gasteiger partial charge in [-0.05, 0) is 44.5 Å². The lowest BCUT2D eigenvalue weighted by Gasteiger charge is -2.17. The van der Waals surface area contributed by atoms with Gasteiger partial charge in [0, 0.05) is 18.1 Å². The fraction of sp³-hybridized carbons (Fsp3) is 0.312. The van der Waals surface area contributed by atoms with Crippen LogP contribution in [0.5, 0.6) is 5.75 Å². The van der Waals surface area contributed by atoms with E-state index in [1.807, 2.05) is 31.3 Å². The van der Waals surface area contributed by atoms with Gasteiger partial charge in [-0.25, -0.2) is 0 Å². The fourth-order valence-corrected chi connectivity index (χ4v) is 1.80. The normalized spacial score (nSPS) is 11.9. The average Bonchev–Trinajstić information content (AvgIpc) is 2.41. The number of benzene rings is 1. The van der Waals surface area contributed by atoms with Crippen LogP contribution < -0.4 is 10.1 Å². The van der Waals surface area contributed by atoms with Crippen LogP contribution in [0.2, 0.25) is 0 Å². The van der Waals surface area contributed by atoms with Crippen molar-refractivity contribution in [2.45, 2.75) is 26.8 Å². The Bertz CT molecular complexity index is 523. The molecular weight excluding hydrogens is 236 g/mol. The molecule has 0 saturated carbocycles. The second-order valence-corrected chi connectivity index (χ2v) is 4.86. The van der Waals surface area contributed by atoms with Crippen LogP contribution >= 0.6 is 0 Å². The molecule has 0 aliphatic carbocycles. The zero-order valence-electron chi connectivity index (χ0n) is 11.7. The molecule has 0 amide bonds. The number of hydrogen-bond donors (Lipinski definition) is 1. The van der Waals surface area contributed by atoms with Gasteiger partial charge >= 0.3 is 0 Å². The van der Waals surface area contributed by atoms with Gasteiger partial charge in [0.2, 0.25) is 0 Å². The van der Waals surface area contributed by atoms with Gasteiger partial charge in [0.1, 0.15) is 12.4 Å². The van der Waals surface area contributed by atoms with Gasteiger partial charge < -0.3 is 10.1 Å². The minimum atomic E-state index is 0.238. The van der Waals surface area contributed by atoms with Crippen molar-refractivity contribution < 1.29 is 4.74 Å². The average molecular weight is 256 g/mol. The molecule has 1 aromatic carbocycles. The van der Waals surface area contributed by atoms with E-state index >= 15 is 0 Å². The molecule has 1 heterocycles. The highest BCUT2D eigenvalue weighted by Crippen LogP contribution is 2.15. The Morgan fingerprint density at radius 3 is 2.58 bits per heavy atom. The molecule has 0 aliphatic rings. The fourth-order valence-electron chi connectivity index (χ4n) is 1.80. The molecule has 100 valence electrons. The number of ether oxygens (including phenoxy) is 1. The van der Waals surface area contributed by atoms with Crippen LogP contribution in [0.3, 0.4) is 0 Å². The molecule has 2 aromatic rings. The maximum atomic E-state index is 5.76. The molecule has 1 aromatic heterocycles. The Balaban J connectivity index is 1.86. The molecule has 1 unspecified atom stereocenters. The zero-order chi connectivity index (χ0) is 13.7. The molecule has 1 atom stereocenters. The number of pyridine rings is 1. The largest absolute Gasteiger partial charge is 0.491 e. The molecule has 3 heteroatoms. The highest BCUT2D eigenvalue weighted by Gasteiger charge is 2.05. The van der Waals surface area contributed by atoms with E-state index in [1.165, 1.54) is 5.56 Å². The third kappa shape index (κ3) is 3.98. The molecular formula is C16H20N2O. The monoisotopic (exact) mass is 256 g/mol. The van der Waals surface area contributed by atoms with Crippen molar-refractivity contribution in [1.82, 2.24) is 4.98 Å². The van der Waals surface area contributed by atoms with E-state index in [2.05, 4.69) is 36.3 Å². The van der Waals surface area contributed by atoms with Crippen molar-refractivity contribution in [3.05, 3.63) is 53.9 Å². The molecule has 3 nitrogen and oxygen atoms in total. The van der Waals surface area contributed by atoms with Crippen LogP contribution in [0.15, 0.2) is 42.7 Å². The molecule has 0 spiro atoms. The Labute approximate surface area is 114 Å². The number of aromatic nitrogens is 1. The maximum absolute atomic E-state index is 5.76. The van der Waals surface area contributed by atoms with Crippen LogP contribution in [0.1, 0.15) is 18.1 Å². The van der Waals surface area contributed by atoms with Crippen molar-refractivity contribution in [3.63, 3.8) is 0 Å². The first-order valence-corrected chi connectivity index (χ1v) is 6.52. The molecule has 0 radical (unpaired) electrons. The van der Waals surface area contributed by atoms with Crippen molar-refractivity contribution in [1.29, 1.82) is 0 Å². The summed E-state index contributed by atoms with van der Waals surface area (Å²) in [5.41, 5.74) is 3.49. The van der Waals surface area contributed by atoms with E-state index in [1.54, 1.807) is 6.20 Å². The van der Waals surface area contributed by atoms with Crippen molar-refractivity contribution in [2.75, 3.05) is 11.9 Å². The molecule has 1 N–H and O–H groups in total. The number of hydrogen-bond acceptors (Lipinski definition) is 3. The minimum Gasteiger partial charge on any atom is -0.491 e. The third-order valence-electron chi connectivity index (χ3n) is 2.94. The van der Waals surface area contributed by atoms with E-state index in [0.717, 1.165) is 17.0 Å². The summed E-state index contributed by atoms with van der Waals surface area (Å²) >= 11 is 0. The zero-order valence-corrected chi connectivity index (χ0v) is 11.7. The quantitative estimate of drug-likeness (QED) is 0.888. The summed E-state index contributed by atoms with van der Waals surface area (Å²) in [5, 5.41) is 3.43. The predicted octanol–water partition coefficient (Wildman–Crippen LogP) is 3.58.